The van der Waals surface area contributed by atoms with Crippen molar-refractivity contribution in [2.24, 2.45) is 0 Å². The van der Waals surface area contributed by atoms with Crippen LogP contribution in [0.1, 0.15) is 34.6 Å². The fourth-order valence-corrected chi connectivity index (χ4v) is 4.24. The number of benzene rings is 2. The zero-order valence-corrected chi connectivity index (χ0v) is 18.6. The first-order chi connectivity index (χ1) is 16.2. The number of carbonyl (C=O) groups is 1. The van der Waals surface area contributed by atoms with E-state index in [1.54, 1.807) is 17.0 Å². The monoisotopic (exact) mass is 441 g/mol. The Kier molecular flexibility index (Phi) is 6.04. The summed E-state index contributed by atoms with van der Waals surface area (Å²) in [7, 11) is 0. The lowest BCUT2D eigenvalue weighted by atomic mass is 10.0. The summed E-state index contributed by atoms with van der Waals surface area (Å²) in [6.07, 6.45) is 3.40. The van der Waals surface area contributed by atoms with Crippen molar-refractivity contribution in [1.82, 2.24) is 25.0 Å². The number of carbonyl (C=O) groups excluding carboxylic acids is 1. The minimum atomic E-state index is -0.254. The predicted molar refractivity (Wildman–Crippen MR) is 126 cm³/mol. The smallest absolute Gasteiger partial charge is 0.291 e. The SMILES string of the molecule is Cc1cccc(-n2nc(C(=O)NC3CCN(Cc4ccccc4)CC3)nc2-c2ccco2)c1. The molecular weight excluding hydrogens is 414 g/mol. The normalized spacial score (nSPS) is 14.9. The van der Waals surface area contributed by atoms with Gasteiger partial charge >= 0.3 is 0 Å². The van der Waals surface area contributed by atoms with Crippen molar-refractivity contribution < 1.29 is 9.21 Å². The maximum atomic E-state index is 13.0. The first-order valence-corrected chi connectivity index (χ1v) is 11.3. The van der Waals surface area contributed by atoms with Crippen LogP contribution in [0.3, 0.4) is 0 Å². The molecule has 0 bridgehead atoms. The van der Waals surface area contributed by atoms with Crippen LogP contribution in [0.2, 0.25) is 0 Å². The van der Waals surface area contributed by atoms with Gasteiger partial charge in [-0.1, -0.05) is 42.5 Å². The topological polar surface area (TPSA) is 76.2 Å². The Morgan fingerprint density at radius 2 is 1.88 bits per heavy atom. The largest absolute Gasteiger partial charge is 0.461 e. The average Bonchev–Trinajstić information content (AvgIpc) is 3.51. The van der Waals surface area contributed by atoms with Crippen LogP contribution in [-0.4, -0.2) is 44.7 Å². The van der Waals surface area contributed by atoms with E-state index in [1.807, 2.05) is 43.3 Å². The van der Waals surface area contributed by atoms with Gasteiger partial charge in [0.25, 0.3) is 5.91 Å². The van der Waals surface area contributed by atoms with Crippen molar-refractivity contribution in [3.8, 4) is 17.3 Å². The number of furan rings is 1. The van der Waals surface area contributed by atoms with Gasteiger partial charge in [0, 0.05) is 25.7 Å². The Morgan fingerprint density at radius 1 is 1.06 bits per heavy atom. The first kappa shape index (κ1) is 21.2. The molecular formula is C26H27N5O2. The summed E-state index contributed by atoms with van der Waals surface area (Å²) in [4.78, 5) is 20.0. The third-order valence-electron chi connectivity index (χ3n) is 5.97. The van der Waals surface area contributed by atoms with Gasteiger partial charge in [-0.25, -0.2) is 4.68 Å². The summed E-state index contributed by atoms with van der Waals surface area (Å²) in [5, 5.41) is 7.67. The molecule has 1 fully saturated rings. The van der Waals surface area contributed by atoms with Crippen LogP contribution in [0, 0.1) is 6.92 Å². The lowest BCUT2D eigenvalue weighted by molar-refractivity contribution is 0.0898. The van der Waals surface area contributed by atoms with E-state index < -0.39 is 0 Å². The fourth-order valence-electron chi connectivity index (χ4n) is 4.24. The number of aryl methyl sites for hydroxylation is 1. The molecule has 2 aromatic heterocycles. The van der Waals surface area contributed by atoms with Crippen molar-refractivity contribution in [2.45, 2.75) is 32.4 Å². The van der Waals surface area contributed by atoms with Gasteiger partial charge in [0.1, 0.15) is 0 Å². The van der Waals surface area contributed by atoms with Gasteiger partial charge in [-0.05, 0) is 55.2 Å². The van der Waals surface area contributed by atoms with Gasteiger partial charge < -0.3 is 9.73 Å². The summed E-state index contributed by atoms with van der Waals surface area (Å²) in [6, 6.07) is 22.1. The maximum absolute atomic E-state index is 13.0. The van der Waals surface area contributed by atoms with Crippen LogP contribution in [0.25, 0.3) is 17.3 Å². The van der Waals surface area contributed by atoms with E-state index in [1.165, 1.54) is 5.56 Å². The molecule has 1 aliphatic rings. The molecule has 33 heavy (non-hydrogen) atoms. The van der Waals surface area contributed by atoms with Crippen LogP contribution in [0.4, 0.5) is 0 Å². The Morgan fingerprint density at radius 3 is 2.61 bits per heavy atom. The number of piperidine rings is 1. The summed E-state index contributed by atoms with van der Waals surface area (Å²) < 4.78 is 7.22. The molecule has 7 heteroatoms. The Balaban J connectivity index is 1.28. The fraction of sp³-hybridized carbons (Fsp3) is 0.269. The zero-order valence-electron chi connectivity index (χ0n) is 18.6. The molecule has 168 valence electrons. The van der Waals surface area contributed by atoms with Crippen molar-refractivity contribution in [1.29, 1.82) is 0 Å². The minimum Gasteiger partial charge on any atom is -0.461 e. The molecule has 5 rings (SSSR count). The van der Waals surface area contributed by atoms with Gasteiger partial charge in [0.2, 0.25) is 5.82 Å². The molecule has 0 saturated carbocycles. The van der Waals surface area contributed by atoms with E-state index in [2.05, 4.69) is 44.6 Å². The van der Waals surface area contributed by atoms with E-state index in [0.717, 1.165) is 43.7 Å². The van der Waals surface area contributed by atoms with Crippen LogP contribution >= 0.6 is 0 Å². The molecule has 0 atom stereocenters. The quantitative estimate of drug-likeness (QED) is 0.485. The Bertz CT molecular complexity index is 1210. The summed E-state index contributed by atoms with van der Waals surface area (Å²) in [5.74, 6) is 0.969. The molecule has 0 radical (unpaired) electrons. The van der Waals surface area contributed by atoms with E-state index in [0.29, 0.717) is 11.6 Å². The highest BCUT2D eigenvalue weighted by Gasteiger charge is 2.25. The molecule has 1 amide bonds. The third-order valence-corrected chi connectivity index (χ3v) is 5.97. The van der Waals surface area contributed by atoms with Gasteiger partial charge in [0.05, 0.1) is 12.0 Å². The molecule has 0 spiro atoms. The molecule has 3 heterocycles. The van der Waals surface area contributed by atoms with Gasteiger partial charge in [0.15, 0.2) is 11.6 Å². The lowest BCUT2D eigenvalue weighted by Gasteiger charge is -2.32. The Hall–Kier alpha value is -3.71. The molecule has 2 aromatic carbocycles. The van der Waals surface area contributed by atoms with Crippen LogP contribution in [-0.2, 0) is 6.54 Å². The number of nitrogens with zero attached hydrogens (tertiary/aromatic N) is 4. The van der Waals surface area contributed by atoms with E-state index >= 15 is 0 Å². The highest BCUT2D eigenvalue weighted by Crippen LogP contribution is 2.22. The molecule has 1 aliphatic heterocycles. The number of likely N-dealkylation sites (tertiary alicyclic amines) is 1. The number of rotatable bonds is 6. The van der Waals surface area contributed by atoms with Crippen molar-refractivity contribution in [2.75, 3.05) is 13.1 Å². The van der Waals surface area contributed by atoms with Crippen molar-refractivity contribution in [3.05, 3.63) is 89.9 Å². The summed E-state index contributed by atoms with van der Waals surface area (Å²) >= 11 is 0. The molecule has 1 saturated heterocycles. The lowest BCUT2D eigenvalue weighted by Crippen LogP contribution is -2.44. The van der Waals surface area contributed by atoms with Crippen LogP contribution < -0.4 is 5.32 Å². The number of hydrogen-bond acceptors (Lipinski definition) is 5. The van der Waals surface area contributed by atoms with E-state index in [-0.39, 0.29) is 17.8 Å². The number of nitrogens with one attached hydrogen (secondary N) is 1. The number of aromatic nitrogens is 3. The molecule has 4 aromatic rings. The number of hydrogen-bond donors (Lipinski definition) is 1. The summed E-state index contributed by atoms with van der Waals surface area (Å²) in [6.45, 7) is 4.85. The molecule has 0 unspecified atom stereocenters. The first-order valence-electron chi connectivity index (χ1n) is 11.3. The van der Waals surface area contributed by atoms with E-state index in [9.17, 15) is 4.79 Å². The third kappa shape index (κ3) is 4.88. The summed E-state index contributed by atoms with van der Waals surface area (Å²) in [5.41, 5.74) is 3.25. The highest BCUT2D eigenvalue weighted by molar-refractivity contribution is 5.91. The standard InChI is InChI=1S/C26H27N5O2/c1-19-7-5-10-22(17-19)31-25(23-11-6-16-33-23)28-24(29-31)26(32)27-21-12-14-30(15-13-21)18-20-8-3-2-4-9-20/h2-11,16-17,21H,12-15,18H2,1H3,(H,27,32). The molecule has 1 N–H and O–H groups in total. The molecule has 0 aliphatic carbocycles. The molecule has 7 nitrogen and oxygen atoms in total. The van der Waals surface area contributed by atoms with Gasteiger partial charge in [-0.15, -0.1) is 5.10 Å². The van der Waals surface area contributed by atoms with Gasteiger partial charge in [-0.3, -0.25) is 9.69 Å². The predicted octanol–water partition coefficient (Wildman–Crippen LogP) is 4.23. The Labute approximate surface area is 193 Å². The van der Waals surface area contributed by atoms with Crippen molar-refractivity contribution >= 4 is 5.91 Å². The van der Waals surface area contributed by atoms with Crippen molar-refractivity contribution in [3.63, 3.8) is 0 Å². The second kappa shape index (κ2) is 9.42. The van der Waals surface area contributed by atoms with E-state index in [4.69, 9.17) is 4.42 Å². The zero-order chi connectivity index (χ0) is 22.6. The minimum absolute atomic E-state index is 0.113. The second-order valence-electron chi connectivity index (χ2n) is 8.50. The second-order valence-corrected chi connectivity index (χ2v) is 8.50. The average molecular weight is 442 g/mol. The number of amides is 1. The van der Waals surface area contributed by atoms with Gasteiger partial charge in [-0.2, -0.15) is 4.98 Å². The van der Waals surface area contributed by atoms with Crippen LogP contribution in [0.15, 0.2) is 77.4 Å². The highest BCUT2D eigenvalue weighted by atomic mass is 16.3. The maximum Gasteiger partial charge on any atom is 0.291 e. The van der Waals surface area contributed by atoms with Crippen LogP contribution in [0.5, 0.6) is 0 Å².